The van der Waals surface area contributed by atoms with Crippen LogP contribution in [0.25, 0.3) is 0 Å². The van der Waals surface area contributed by atoms with Crippen LogP contribution in [0.2, 0.25) is 0 Å². The number of ether oxygens (including phenoxy) is 2. The second kappa shape index (κ2) is 4.68. The van der Waals surface area contributed by atoms with Crippen LogP contribution in [-0.2, 0) is 9.47 Å². The van der Waals surface area contributed by atoms with Gasteiger partial charge in [0.15, 0.2) is 0 Å². The highest BCUT2D eigenvalue weighted by molar-refractivity contribution is 5.05. The molecule has 1 saturated carbocycles. The van der Waals surface area contributed by atoms with Crippen molar-refractivity contribution in [2.45, 2.75) is 60.7 Å². The van der Waals surface area contributed by atoms with Gasteiger partial charge in [-0.1, -0.05) is 47.3 Å². The topological polar surface area (TPSA) is 18.5 Å². The molecule has 0 aromatic rings. The molecule has 0 unspecified atom stereocenters. The predicted octanol–water partition coefficient (Wildman–Crippen LogP) is 4.52. The van der Waals surface area contributed by atoms with Crippen molar-refractivity contribution in [2.24, 2.45) is 22.2 Å². The summed E-state index contributed by atoms with van der Waals surface area (Å²) in [6.45, 7) is 14.3. The van der Waals surface area contributed by atoms with Crippen molar-refractivity contribution < 1.29 is 9.47 Å². The van der Waals surface area contributed by atoms with Gasteiger partial charge in [0, 0.05) is 5.41 Å². The highest BCUT2D eigenvalue weighted by atomic mass is 16.7. The summed E-state index contributed by atoms with van der Waals surface area (Å²) in [6.07, 6.45) is 6.01. The van der Waals surface area contributed by atoms with Gasteiger partial charge in [0.05, 0.1) is 6.61 Å². The van der Waals surface area contributed by atoms with Gasteiger partial charge in [0.25, 0.3) is 0 Å². The summed E-state index contributed by atoms with van der Waals surface area (Å²) in [5, 5.41) is 0. The van der Waals surface area contributed by atoms with E-state index in [-0.39, 0.29) is 22.5 Å². The summed E-state index contributed by atoms with van der Waals surface area (Å²) in [5.41, 5.74) is 3.65. The normalized spacial score (nSPS) is 36.5. The van der Waals surface area contributed by atoms with Crippen LogP contribution in [0.15, 0.2) is 18.1 Å². The van der Waals surface area contributed by atoms with Gasteiger partial charge in [-0.05, 0) is 35.7 Å². The van der Waals surface area contributed by atoms with Gasteiger partial charge in [-0.3, -0.25) is 0 Å². The highest BCUT2D eigenvalue weighted by Crippen LogP contribution is 2.61. The molecule has 2 rings (SSSR count). The number of allylic oxidation sites excluding steroid dienone is 1. The van der Waals surface area contributed by atoms with Crippen molar-refractivity contribution in [1.29, 1.82) is 0 Å². The summed E-state index contributed by atoms with van der Waals surface area (Å²) in [7, 11) is 0. The number of hydrogen-bond acceptors (Lipinski definition) is 2. The quantitative estimate of drug-likeness (QED) is 0.539. The van der Waals surface area contributed by atoms with Crippen LogP contribution < -0.4 is 0 Å². The van der Waals surface area contributed by atoms with Crippen molar-refractivity contribution in [1.82, 2.24) is 0 Å². The molecule has 0 amide bonds. The lowest BCUT2D eigenvalue weighted by atomic mass is 9.64. The first-order valence-corrected chi connectivity index (χ1v) is 7.36. The molecule has 1 heterocycles. The fourth-order valence-corrected chi connectivity index (χ4v) is 3.30. The van der Waals surface area contributed by atoms with Crippen molar-refractivity contribution in [3.8, 4) is 0 Å². The number of fused-ring (bicyclic) bond motifs is 2. The average Bonchev–Trinajstić information content (AvgIpc) is 2.44. The van der Waals surface area contributed by atoms with E-state index in [9.17, 15) is 0 Å². The smallest absolute Gasteiger partial charge is 0.205 e. The van der Waals surface area contributed by atoms with Gasteiger partial charge in [0.1, 0.15) is 6.26 Å². The molecule has 2 heteroatoms. The van der Waals surface area contributed by atoms with Crippen LogP contribution in [0.3, 0.4) is 0 Å². The molecule has 0 N–H and O–H groups in total. The summed E-state index contributed by atoms with van der Waals surface area (Å²) in [4.78, 5) is 0. The standard InChI is InChI=1S/C17H28O2/c1-15(2,3)9-7-11-18-14-17(6)10-8-13(12-19-14)16(17,4)5/h9,11,13-14H,8,10,12H2,1-6H3/t7?,13-,14-,17+/m1/s1. The molecule has 2 nitrogen and oxygen atoms in total. The van der Waals surface area contributed by atoms with Gasteiger partial charge in [-0.15, -0.1) is 0 Å². The lowest BCUT2D eigenvalue weighted by molar-refractivity contribution is -0.243. The molecule has 108 valence electrons. The molecule has 1 saturated heterocycles. The fourth-order valence-electron chi connectivity index (χ4n) is 3.30. The first-order valence-electron chi connectivity index (χ1n) is 7.36. The molecule has 0 spiro atoms. The molecule has 2 fully saturated rings. The summed E-state index contributed by atoms with van der Waals surface area (Å²) < 4.78 is 11.8. The van der Waals surface area contributed by atoms with E-state index in [1.807, 2.05) is 6.08 Å². The maximum absolute atomic E-state index is 5.93. The molecule has 3 atom stereocenters. The van der Waals surface area contributed by atoms with E-state index < -0.39 is 0 Å². The van der Waals surface area contributed by atoms with Gasteiger partial charge < -0.3 is 9.47 Å². The van der Waals surface area contributed by atoms with Crippen LogP contribution in [-0.4, -0.2) is 12.9 Å². The number of rotatable bonds is 2. The fraction of sp³-hybridized carbons (Fsp3) is 0.824. The molecule has 0 aromatic heterocycles. The zero-order chi connectivity index (χ0) is 14.3. The van der Waals surface area contributed by atoms with Gasteiger partial charge in [0.2, 0.25) is 6.29 Å². The lowest BCUT2D eigenvalue weighted by Crippen LogP contribution is -2.50. The minimum atomic E-state index is -0.137. The maximum atomic E-state index is 5.93. The van der Waals surface area contributed by atoms with E-state index >= 15 is 0 Å². The van der Waals surface area contributed by atoms with E-state index in [1.54, 1.807) is 6.26 Å². The minimum Gasteiger partial charge on any atom is -0.464 e. The third kappa shape index (κ3) is 2.61. The Balaban J connectivity index is 2.08. The van der Waals surface area contributed by atoms with E-state index in [1.165, 1.54) is 12.8 Å². The van der Waals surface area contributed by atoms with Crippen molar-refractivity contribution >= 4 is 0 Å². The molecule has 1 aliphatic carbocycles. The lowest BCUT2D eigenvalue weighted by Gasteiger charge is -2.49. The van der Waals surface area contributed by atoms with Gasteiger partial charge >= 0.3 is 0 Å². The summed E-state index contributed by atoms with van der Waals surface area (Å²) >= 11 is 0. The molecule has 2 aliphatic rings. The van der Waals surface area contributed by atoms with Crippen LogP contribution >= 0.6 is 0 Å². The molecule has 2 bridgehead atoms. The first kappa shape index (κ1) is 14.7. The van der Waals surface area contributed by atoms with Gasteiger partial charge in [-0.2, -0.15) is 0 Å². The zero-order valence-corrected chi connectivity index (χ0v) is 13.2. The Kier molecular flexibility index (Phi) is 3.62. The predicted molar refractivity (Wildman–Crippen MR) is 77.5 cm³/mol. The molecule has 0 radical (unpaired) electrons. The largest absolute Gasteiger partial charge is 0.464 e. The maximum Gasteiger partial charge on any atom is 0.205 e. The summed E-state index contributed by atoms with van der Waals surface area (Å²) in [6, 6.07) is 0. The van der Waals surface area contributed by atoms with Crippen molar-refractivity contribution in [2.75, 3.05) is 6.61 Å². The highest BCUT2D eigenvalue weighted by Gasteiger charge is 2.60. The molecule has 19 heavy (non-hydrogen) atoms. The van der Waals surface area contributed by atoms with Crippen LogP contribution in [0.5, 0.6) is 0 Å². The Hall–Kier alpha value is -0.720. The zero-order valence-electron chi connectivity index (χ0n) is 13.2. The second-order valence-electron chi connectivity index (χ2n) is 7.97. The van der Waals surface area contributed by atoms with Gasteiger partial charge in [-0.25, -0.2) is 0 Å². The average molecular weight is 264 g/mol. The first-order chi connectivity index (χ1) is 8.67. The summed E-state index contributed by atoms with van der Waals surface area (Å²) in [5.74, 6) is 0.673. The van der Waals surface area contributed by atoms with Crippen LogP contribution in [0, 0.1) is 22.2 Å². The van der Waals surface area contributed by atoms with Crippen LogP contribution in [0.1, 0.15) is 54.4 Å². The molecule has 1 aliphatic heterocycles. The van der Waals surface area contributed by atoms with E-state index in [0.717, 1.165) is 6.61 Å². The van der Waals surface area contributed by atoms with E-state index in [2.05, 4.69) is 47.3 Å². The number of hydrogen-bond donors (Lipinski definition) is 0. The molecular weight excluding hydrogens is 236 g/mol. The van der Waals surface area contributed by atoms with E-state index in [4.69, 9.17) is 9.47 Å². The van der Waals surface area contributed by atoms with E-state index in [0.29, 0.717) is 5.92 Å². The van der Waals surface area contributed by atoms with Crippen molar-refractivity contribution in [3.63, 3.8) is 0 Å². The third-order valence-electron chi connectivity index (χ3n) is 5.25. The minimum absolute atomic E-state index is 0.107. The Labute approximate surface area is 117 Å². The second-order valence-corrected chi connectivity index (χ2v) is 7.97. The Morgan fingerprint density at radius 1 is 1.26 bits per heavy atom. The Bertz CT molecular complexity index is 396. The Morgan fingerprint density at radius 3 is 2.58 bits per heavy atom. The van der Waals surface area contributed by atoms with Crippen LogP contribution in [0.4, 0.5) is 0 Å². The molecular formula is C17H28O2. The molecule has 0 aromatic carbocycles. The van der Waals surface area contributed by atoms with Crippen molar-refractivity contribution in [3.05, 3.63) is 18.1 Å². The SMILES string of the molecule is CC(C)(C)C=C=CO[C@@H]1OC[C@H]2CC[C@]1(C)C2(C)C. The third-order valence-corrected chi connectivity index (χ3v) is 5.25. The Morgan fingerprint density at radius 2 is 1.95 bits per heavy atom. The monoisotopic (exact) mass is 264 g/mol.